The predicted molar refractivity (Wildman–Crippen MR) is 87.0 cm³/mol. The van der Waals surface area contributed by atoms with E-state index in [9.17, 15) is 4.79 Å². The molecule has 0 unspecified atom stereocenters. The van der Waals surface area contributed by atoms with Crippen LogP contribution in [0.1, 0.15) is 21.5 Å². The van der Waals surface area contributed by atoms with Gasteiger partial charge in [-0.15, -0.1) is 0 Å². The standard InChI is InChI=1S/C18H20O5/c1-11-6-7-14(12(2)8-11)23-18(19)13-9-16(21-4)17(22-5)10-15(13)20-3/h6-10H,1-5H3. The summed E-state index contributed by atoms with van der Waals surface area (Å²) in [4.78, 5) is 12.5. The third-order valence-corrected chi connectivity index (χ3v) is 3.46. The molecule has 5 nitrogen and oxygen atoms in total. The van der Waals surface area contributed by atoms with E-state index >= 15 is 0 Å². The van der Waals surface area contributed by atoms with E-state index in [0.717, 1.165) is 11.1 Å². The van der Waals surface area contributed by atoms with Gasteiger partial charge < -0.3 is 18.9 Å². The number of carbonyl (C=O) groups excluding carboxylic acids is 1. The quantitative estimate of drug-likeness (QED) is 0.624. The van der Waals surface area contributed by atoms with Crippen molar-refractivity contribution in [1.29, 1.82) is 0 Å². The van der Waals surface area contributed by atoms with Crippen LogP contribution in [-0.2, 0) is 0 Å². The Balaban J connectivity index is 2.38. The molecule has 0 bridgehead atoms. The number of esters is 1. The predicted octanol–water partition coefficient (Wildman–Crippen LogP) is 3.55. The van der Waals surface area contributed by atoms with Crippen molar-refractivity contribution in [3.05, 3.63) is 47.0 Å². The molecule has 122 valence electrons. The smallest absolute Gasteiger partial charge is 0.347 e. The van der Waals surface area contributed by atoms with Crippen LogP contribution in [0.2, 0.25) is 0 Å². The molecule has 0 fully saturated rings. The van der Waals surface area contributed by atoms with Gasteiger partial charge in [0.2, 0.25) is 0 Å². The van der Waals surface area contributed by atoms with Gasteiger partial charge in [-0.05, 0) is 25.5 Å². The molecule has 0 saturated heterocycles. The topological polar surface area (TPSA) is 54.0 Å². The van der Waals surface area contributed by atoms with E-state index < -0.39 is 5.97 Å². The maximum absolute atomic E-state index is 12.5. The fraction of sp³-hybridized carbons (Fsp3) is 0.278. The monoisotopic (exact) mass is 316 g/mol. The summed E-state index contributed by atoms with van der Waals surface area (Å²) in [5.74, 6) is 1.26. The van der Waals surface area contributed by atoms with E-state index in [1.807, 2.05) is 26.0 Å². The van der Waals surface area contributed by atoms with Crippen molar-refractivity contribution in [1.82, 2.24) is 0 Å². The molecular formula is C18H20O5. The lowest BCUT2D eigenvalue weighted by Gasteiger charge is -2.14. The molecule has 0 radical (unpaired) electrons. The van der Waals surface area contributed by atoms with Crippen LogP contribution < -0.4 is 18.9 Å². The second kappa shape index (κ2) is 7.05. The second-order valence-corrected chi connectivity index (χ2v) is 5.07. The van der Waals surface area contributed by atoms with Gasteiger partial charge in [0.1, 0.15) is 17.1 Å². The fourth-order valence-electron chi connectivity index (χ4n) is 2.26. The molecule has 0 aromatic heterocycles. The maximum atomic E-state index is 12.5. The summed E-state index contributed by atoms with van der Waals surface area (Å²) in [6.45, 7) is 3.87. The highest BCUT2D eigenvalue weighted by molar-refractivity contribution is 5.95. The Morgan fingerprint density at radius 2 is 1.39 bits per heavy atom. The van der Waals surface area contributed by atoms with Crippen LogP contribution in [0.15, 0.2) is 30.3 Å². The lowest BCUT2D eigenvalue weighted by atomic mass is 10.1. The summed E-state index contributed by atoms with van der Waals surface area (Å²) in [5.41, 5.74) is 2.26. The highest BCUT2D eigenvalue weighted by Gasteiger charge is 2.20. The lowest BCUT2D eigenvalue weighted by Crippen LogP contribution is -2.11. The van der Waals surface area contributed by atoms with Crippen molar-refractivity contribution in [2.75, 3.05) is 21.3 Å². The van der Waals surface area contributed by atoms with Gasteiger partial charge in [0.25, 0.3) is 0 Å². The summed E-state index contributed by atoms with van der Waals surface area (Å²) >= 11 is 0. The number of benzene rings is 2. The number of carbonyl (C=O) groups is 1. The maximum Gasteiger partial charge on any atom is 0.347 e. The van der Waals surface area contributed by atoms with E-state index in [0.29, 0.717) is 23.0 Å². The molecule has 2 aromatic carbocycles. The second-order valence-electron chi connectivity index (χ2n) is 5.07. The van der Waals surface area contributed by atoms with Crippen LogP contribution in [0.25, 0.3) is 0 Å². The summed E-state index contributed by atoms with van der Waals surface area (Å²) in [6.07, 6.45) is 0. The first kappa shape index (κ1) is 16.7. The summed E-state index contributed by atoms with van der Waals surface area (Å²) in [6, 6.07) is 8.76. The van der Waals surface area contributed by atoms with Crippen LogP contribution in [-0.4, -0.2) is 27.3 Å². The molecule has 0 atom stereocenters. The van der Waals surface area contributed by atoms with Crippen molar-refractivity contribution < 1.29 is 23.7 Å². The number of methoxy groups -OCH3 is 3. The van der Waals surface area contributed by atoms with Crippen molar-refractivity contribution in [2.45, 2.75) is 13.8 Å². The lowest BCUT2D eigenvalue weighted by molar-refractivity contribution is 0.0729. The van der Waals surface area contributed by atoms with E-state index in [1.165, 1.54) is 21.3 Å². The van der Waals surface area contributed by atoms with Crippen molar-refractivity contribution in [2.24, 2.45) is 0 Å². The van der Waals surface area contributed by atoms with Crippen LogP contribution in [0.5, 0.6) is 23.0 Å². The number of rotatable bonds is 5. The first-order valence-electron chi connectivity index (χ1n) is 7.09. The molecule has 0 aliphatic rings. The molecule has 0 N–H and O–H groups in total. The first-order chi connectivity index (χ1) is 11.0. The molecule has 2 aromatic rings. The Labute approximate surface area is 135 Å². The summed E-state index contributed by atoms with van der Waals surface area (Å²) in [7, 11) is 4.50. The molecule has 2 rings (SSSR count). The van der Waals surface area contributed by atoms with Gasteiger partial charge in [-0.25, -0.2) is 4.79 Å². The van der Waals surface area contributed by atoms with Gasteiger partial charge in [-0.1, -0.05) is 17.7 Å². The Kier molecular flexibility index (Phi) is 5.11. The summed E-state index contributed by atoms with van der Waals surface area (Å²) in [5, 5.41) is 0. The average molecular weight is 316 g/mol. The highest BCUT2D eigenvalue weighted by Crippen LogP contribution is 2.35. The zero-order chi connectivity index (χ0) is 17.0. The van der Waals surface area contributed by atoms with E-state index in [1.54, 1.807) is 18.2 Å². The number of ether oxygens (including phenoxy) is 4. The van der Waals surface area contributed by atoms with Gasteiger partial charge >= 0.3 is 5.97 Å². The average Bonchev–Trinajstić information content (AvgIpc) is 2.55. The van der Waals surface area contributed by atoms with Gasteiger partial charge in [-0.2, -0.15) is 0 Å². The third kappa shape index (κ3) is 3.56. The van der Waals surface area contributed by atoms with Crippen molar-refractivity contribution in [3.8, 4) is 23.0 Å². The number of aryl methyl sites for hydroxylation is 2. The normalized spacial score (nSPS) is 10.1. The van der Waals surface area contributed by atoms with Crippen LogP contribution in [0, 0.1) is 13.8 Å². The SMILES string of the molecule is COc1cc(OC)c(C(=O)Oc2ccc(C)cc2C)cc1OC. The Bertz CT molecular complexity index is 722. The fourth-order valence-corrected chi connectivity index (χ4v) is 2.26. The Morgan fingerprint density at radius 1 is 0.783 bits per heavy atom. The Morgan fingerprint density at radius 3 is 1.96 bits per heavy atom. The summed E-state index contributed by atoms with van der Waals surface area (Å²) < 4.78 is 21.2. The van der Waals surface area contributed by atoms with Crippen LogP contribution in [0.4, 0.5) is 0 Å². The molecule has 0 aliphatic carbocycles. The van der Waals surface area contributed by atoms with E-state index in [-0.39, 0.29) is 5.56 Å². The Hall–Kier alpha value is -2.69. The highest BCUT2D eigenvalue weighted by atomic mass is 16.5. The van der Waals surface area contributed by atoms with E-state index in [4.69, 9.17) is 18.9 Å². The van der Waals surface area contributed by atoms with Crippen LogP contribution in [0.3, 0.4) is 0 Å². The zero-order valence-electron chi connectivity index (χ0n) is 13.9. The van der Waals surface area contributed by atoms with Gasteiger partial charge in [0.15, 0.2) is 11.5 Å². The molecule has 0 aliphatic heterocycles. The minimum atomic E-state index is -0.519. The van der Waals surface area contributed by atoms with E-state index in [2.05, 4.69) is 0 Å². The molecule has 0 saturated carbocycles. The van der Waals surface area contributed by atoms with Crippen LogP contribution >= 0.6 is 0 Å². The molecule has 0 amide bonds. The molecule has 23 heavy (non-hydrogen) atoms. The van der Waals surface area contributed by atoms with Gasteiger partial charge in [0.05, 0.1) is 21.3 Å². The largest absolute Gasteiger partial charge is 0.496 e. The number of hydrogen-bond donors (Lipinski definition) is 0. The molecule has 0 spiro atoms. The molecular weight excluding hydrogens is 296 g/mol. The first-order valence-corrected chi connectivity index (χ1v) is 7.09. The molecule has 0 heterocycles. The number of hydrogen-bond acceptors (Lipinski definition) is 5. The van der Waals surface area contributed by atoms with Crippen molar-refractivity contribution in [3.63, 3.8) is 0 Å². The van der Waals surface area contributed by atoms with Crippen molar-refractivity contribution >= 4 is 5.97 Å². The zero-order valence-corrected chi connectivity index (χ0v) is 13.9. The van der Waals surface area contributed by atoms with Gasteiger partial charge in [-0.3, -0.25) is 0 Å². The minimum Gasteiger partial charge on any atom is -0.496 e. The van der Waals surface area contributed by atoms with Gasteiger partial charge in [0, 0.05) is 12.1 Å². The third-order valence-electron chi connectivity index (χ3n) is 3.46. The minimum absolute atomic E-state index is 0.269. The molecule has 5 heteroatoms.